The molecular formula is C9H16O4. The lowest BCUT2D eigenvalue weighted by molar-refractivity contribution is -0.134. The summed E-state index contributed by atoms with van der Waals surface area (Å²) in [4.78, 5) is 10.7. The SMILES string of the molecule is CCOC=C(C(=O)O)C(C)OCC. The lowest BCUT2D eigenvalue weighted by atomic mass is 10.2. The van der Waals surface area contributed by atoms with Gasteiger partial charge in [0, 0.05) is 6.61 Å². The van der Waals surface area contributed by atoms with Gasteiger partial charge in [-0.3, -0.25) is 0 Å². The average molecular weight is 188 g/mol. The van der Waals surface area contributed by atoms with E-state index in [0.717, 1.165) is 0 Å². The number of carbonyl (C=O) groups is 1. The number of hydrogen-bond donors (Lipinski definition) is 1. The number of rotatable bonds is 6. The van der Waals surface area contributed by atoms with Crippen LogP contribution in [-0.2, 0) is 14.3 Å². The van der Waals surface area contributed by atoms with E-state index in [1.165, 1.54) is 6.26 Å². The minimum atomic E-state index is -1.01. The molecule has 4 nitrogen and oxygen atoms in total. The van der Waals surface area contributed by atoms with Crippen LogP contribution < -0.4 is 0 Å². The summed E-state index contributed by atoms with van der Waals surface area (Å²) in [6, 6.07) is 0. The van der Waals surface area contributed by atoms with Crippen LogP contribution in [0.5, 0.6) is 0 Å². The summed E-state index contributed by atoms with van der Waals surface area (Å²) < 4.78 is 10.0. The molecule has 0 aliphatic heterocycles. The van der Waals surface area contributed by atoms with Gasteiger partial charge in [0.25, 0.3) is 0 Å². The highest BCUT2D eigenvalue weighted by molar-refractivity contribution is 5.87. The third-order valence-corrected chi connectivity index (χ3v) is 1.48. The Kier molecular flexibility index (Phi) is 5.97. The highest BCUT2D eigenvalue weighted by atomic mass is 16.5. The fraction of sp³-hybridized carbons (Fsp3) is 0.667. The molecule has 0 heterocycles. The summed E-state index contributed by atoms with van der Waals surface area (Å²) in [5.74, 6) is -1.01. The molecule has 1 N–H and O–H groups in total. The standard InChI is InChI=1S/C9H16O4/c1-4-12-6-8(9(10)11)7(3)13-5-2/h6-7H,4-5H2,1-3H3,(H,10,11). The van der Waals surface area contributed by atoms with Crippen LogP contribution in [0.2, 0.25) is 0 Å². The van der Waals surface area contributed by atoms with Gasteiger partial charge < -0.3 is 14.6 Å². The summed E-state index contributed by atoms with van der Waals surface area (Å²) in [5.41, 5.74) is 0.142. The molecule has 0 aromatic rings. The first-order valence-electron chi connectivity index (χ1n) is 4.30. The van der Waals surface area contributed by atoms with E-state index in [4.69, 9.17) is 14.6 Å². The maximum atomic E-state index is 10.7. The van der Waals surface area contributed by atoms with Crippen LogP contribution in [0.1, 0.15) is 20.8 Å². The van der Waals surface area contributed by atoms with Crippen molar-refractivity contribution in [1.29, 1.82) is 0 Å². The van der Waals surface area contributed by atoms with Crippen LogP contribution >= 0.6 is 0 Å². The molecular weight excluding hydrogens is 172 g/mol. The molecule has 0 rings (SSSR count). The molecule has 0 bridgehead atoms. The quantitative estimate of drug-likeness (QED) is 0.506. The molecule has 1 atom stereocenters. The van der Waals surface area contributed by atoms with Crippen molar-refractivity contribution in [2.75, 3.05) is 13.2 Å². The van der Waals surface area contributed by atoms with E-state index in [2.05, 4.69) is 0 Å². The molecule has 1 unspecified atom stereocenters. The third kappa shape index (κ3) is 4.52. The summed E-state index contributed by atoms with van der Waals surface area (Å²) in [6.45, 7) is 6.23. The van der Waals surface area contributed by atoms with Crippen molar-refractivity contribution in [3.05, 3.63) is 11.8 Å². The molecule has 0 fully saturated rings. The Hall–Kier alpha value is -1.03. The van der Waals surface area contributed by atoms with Crippen LogP contribution in [0.15, 0.2) is 11.8 Å². The lowest BCUT2D eigenvalue weighted by Crippen LogP contribution is -2.18. The van der Waals surface area contributed by atoms with Gasteiger partial charge in [-0.15, -0.1) is 0 Å². The van der Waals surface area contributed by atoms with Gasteiger partial charge in [0.15, 0.2) is 0 Å². The molecule has 0 saturated heterocycles. The van der Waals surface area contributed by atoms with Gasteiger partial charge in [-0.05, 0) is 20.8 Å². The zero-order valence-corrected chi connectivity index (χ0v) is 8.24. The number of aliphatic carboxylic acids is 1. The Morgan fingerprint density at radius 1 is 1.46 bits per heavy atom. The summed E-state index contributed by atoms with van der Waals surface area (Å²) in [5, 5.41) is 8.77. The van der Waals surface area contributed by atoms with Gasteiger partial charge in [-0.2, -0.15) is 0 Å². The smallest absolute Gasteiger partial charge is 0.337 e. The molecule has 13 heavy (non-hydrogen) atoms. The van der Waals surface area contributed by atoms with Crippen LogP contribution in [0, 0.1) is 0 Å². The van der Waals surface area contributed by atoms with Crippen molar-refractivity contribution < 1.29 is 19.4 Å². The third-order valence-electron chi connectivity index (χ3n) is 1.48. The minimum Gasteiger partial charge on any atom is -0.501 e. The van der Waals surface area contributed by atoms with E-state index in [1.54, 1.807) is 13.8 Å². The van der Waals surface area contributed by atoms with Crippen LogP contribution in [0.25, 0.3) is 0 Å². The number of carboxylic acids is 1. The van der Waals surface area contributed by atoms with Gasteiger partial charge in [0.1, 0.15) is 0 Å². The second-order valence-corrected chi connectivity index (χ2v) is 2.43. The highest BCUT2D eigenvalue weighted by Gasteiger charge is 2.16. The first kappa shape index (κ1) is 12.0. The number of hydrogen-bond acceptors (Lipinski definition) is 3. The second-order valence-electron chi connectivity index (χ2n) is 2.43. The first-order valence-corrected chi connectivity index (χ1v) is 4.30. The Morgan fingerprint density at radius 3 is 2.46 bits per heavy atom. The molecule has 4 heteroatoms. The minimum absolute atomic E-state index is 0.142. The molecule has 0 aromatic heterocycles. The fourth-order valence-corrected chi connectivity index (χ4v) is 0.833. The second kappa shape index (κ2) is 6.48. The number of carboxylic acid groups (broad SMARTS) is 1. The molecule has 0 amide bonds. The number of ether oxygens (including phenoxy) is 2. The predicted molar refractivity (Wildman–Crippen MR) is 48.4 cm³/mol. The Balaban J connectivity index is 4.31. The molecule has 0 radical (unpaired) electrons. The van der Waals surface area contributed by atoms with Crippen LogP contribution in [0.4, 0.5) is 0 Å². The van der Waals surface area contributed by atoms with E-state index in [0.29, 0.717) is 13.2 Å². The van der Waals surface area contributed by atoms with Crippen LogP contribution in [-0.4, -0.2) is 30.4 Å². The molecule has 0 aliphatic rings. The van der Waals surface area contributed by atoms with E-state index in [-0.39, 0.29) is 5.57 Å². The van der Waals surface area contributed by atoms with E-state index in [9.17, 15) is 4.79 Å². The normalized spacial score (nSPS) is 13.9. The molecule has 76 valence electrons. The maximum Gasteiger partial charge on any atom is 0.337 e. The Bertz CT molecular complexity index is 186. The van der Waals surface area contributed by atoms with Gasteiger partial charge in [0.2, 0.25) is 0 Å². The van der Waals surface area contributed by atoms with Gasteiger partial charge in [0.05, 0.1) is 24.5 Å². The van der Waals surface area contributed by atoms with Crippen molar-refractivity contribution in [1.82, 2.24) is 0 Å². The zero-order valence-electron chi connectivity index (χ0n) is 8.24. The highest BCUT2D eigenvalue weighted by Crippen LogP contribution is 2.06. The molecule has 0 aromatic carbocycles. The largest absolute Gasteiger partial charge is 0.501 e. The van der Waals surface area contributed by atoms with Crippen molar-refractivity contribution in [2.24, 2.45) is 0 Å². The monoisotopic (exact) mass is 188 g/mol. The molecule has 0 spiro atoms. The van der Waals surface area contributed by atoms with Crippen LogP contribution in [0.3, 0.4) is 0 Å². The lowest BCUT2D eigenvalue weighted by Gasteiger charge is -2.11. The molecule has 0 saturated carbocycles. The average Bonchev–Trinajstić information content (AvgIpc) is 2.05. The van der Waals surface area contributed by atoms with E-state index < -0.39 is 12.1 Å². The van der Waals surface area contributed by atoms with Gasteiger partial charge in [-0.25, -0.2) is 4.79 Å². The van der Waals surface area contributed by atoms with E-state index in [1.807, 2.05) is 6.92 Å². The maximum absolute atomic E-state index is 10.7. The fourth-order valence-electron chi connectivity index (χ4n) is 0.833. The summed E-state index contributed by atoms with van der Waals surface area (Å²) in [7, 11) is 0. The van der Waals surface area contributed by atoms with Gasteiger partial charge in [-0.1, -0.05) is 0 Å². The first-order chi connectivity index (χ1) is 6.13. The van der Waals surface area contributed by atoms with E-state index >= 15 is 0 Å². The summed E-state index contributed by atoms with van der Waals surface area (Å²) >= 11 is 0. The molecule has 0 aliphatic carbocycles. The zero-order chi connectivity index (χ0) is 10.3. The Labute approximate surface area is 78.2 Å². The Morgan fingerprint density at radius 2 is 2.08 bits per heavy atom. The van der Waals surface area contributed by atoms with Gasteiger partial charge >= 0.3 is 5.97 Å². The van der Waals surface area contributed by atoms with Crippen molar-refractivity contribution >= 4 is 5.97 Å². The van der Waals surface area contributed by atoms with Crippen molar-refractivity contribution in [2.45, 2.75) is 26.9 Å². The summed E-state index contributed by atoms with van der Waals surface area (Å²) in [6.07, 6.45) is 0.803. The van der Waals surface area contributed by atoms with Crippen molar-refractivity contribution in [3.63, 3.8) is 0 Å². The van der Waals surface area contributed by atoms with Crippen molar-refractivity contribution in [3.8, 4) is 0 Å². The topological polar surface area (TPSA) is 55.8 Å². The predicted octanol–water partition coefficient (Wildman–Crippen LogP) is 1.42.